The molecule has 0 atom stereocenters. The Labute approximate surface area is 107 Å². The Balaban J connectivity index is 1.92. The maximum Gasteiger partial charge on any atom is 0.319 e. The van der Waals surface area contributed by atoms with Gasteiger partial charge in [-0.2, -0.15) is 0 Å². The van der Waals surface area contributed by atoms with Crippen LogP contribution in [0.15, 0.2) is 5.16 Å². The Hall–Kier alpha value is -1.46. The summed E-state index contributed by atoms with van der Waals surface area (Å²) < 4.78 is 0. The van der Waals surface area contributed by atoms with E-state index in [4.69, 9.17) is 10.9 Å². The molecule has 2 aliphatic rings. The van der Waals surface area contributed by atoms with Gasteiger partial charge in [0.1, 0.15) is 5.84 Å². The third-order valence-corrected chi connectivity index (χ3v) is 4.24. The van der Waals surface area contributed by atoms with E-state index in [0.717, 1.165) is 38.8 Å². The van der Waals surface area contributed by atoms with Gasteiger partial charge in [-0.3, -0.25) is 0 Å². The van der Waals surface area contributed by atoms with E-state index in [2.05, 4.69) is 5.16 Å². The van der Waals surface area contributed by atoms with E-state index in [1.54, 1.807) is 0 Å². The van der Waals surface area contributed by atoms with Crippen LogP contribution in [-0.2, 0) is 0 Å². The molecule has 6 nitrogen and oxygen atoms in total. The van der Waals surface area contributed by atoms with Gasteiger partial charge in [0.25, 0.3) is 0 Å². The molecule has 2 aliphatic heterocycles. The van der Waals surface area contributed by atoms with Crippen molar-refractivity contribution in [2.45, 2.75) is 32.6 Å². The zero-order valence-electron chi connectivity index (χ0n) is 10.9. The number of likely N-dealkylation sites (tertiary alicyclic amines) is 2. The van der Waals surface area contributed by atoms with Crippen LogP contribution in [0, 0.1) is 5.41 Å². The highest BCUT2D eigenvalue weighted by atomic mass is 16.4. The van der Waals surface area contributed by atoms with Gasteiger partial charge in [-0.05, 0) is 25.7 Å². The van der Waals surface area contributed by atoms with Gasteiger partial charge in [0.2, 0.25) is 0 Å². The summed E-state index contributed by atoms with van der Waals surface area (Å²) in [6.45, 7) is 5.11. The molecule has 0 aromatic carbocycles. The number of hydrogen-bond acceptors (Lipinski definition) is 3. The van der Waals surface area contributed by atoms with E-state index in [0.29, 0.717) is 13.1 Å². The summed E-state index contributed by atoms with van der Waals surface area (Å²) in [6.07, 6.45) is 3.73. The molecule has 0 radical (unpaired) electrons. The first-order valence-electron chi connectivity index (χ1n) is 6.59. The average molecular weight is 254 g/mol. The highest BCUT2D eigenvalue weighted by Gasteiger charge is 2.36. The number of piperidine rings is 1. The van der Waals surface area contributed by atoms with Crippen molar-refractivity contribution in [2.24, 2.45) is 16.3 Å². The first-order valence-corrected chi connectivity index (χ1v) is 6.59. The van der Waals surface area contributed by atoms with E-state index in [9.17, 15) is 4.79 Å². The van der Waals surface area contributed by atoms with E-state index in [1.807, 2.05) is 16.7 Å². The van der Waals surface area contributed by atoms with Crippen molar-refractivity contribution in [3.8, 4) is 0 Å². The Bertz CT molecular complexity index is 342. The molecular formula is C12H22N4O2. The molecule has 0 aromatic heterocycles. The number of nitrogens with zero attached hydrogens (tertiary/aromatic N) is 3. The number of carbonyl (C=O) groups is 1. The van der Waals surface area contributed by atoms with Gasteiger partial charge < -0.3 is 20.7 Å². The summed E-state index contributed by atoms with van der Waals surface area (Å²) in [5.74, 6) is 0.274. The zero-order chi connectivity index (χ0) is 13.2. The topological polar surface area (TPSA) is 82.2 Å². The van der Waals surface area contributed by atoms with E-state index in [1.165, 1.54) is 0 Å². The molecule has 2 fully saturated rings. The number of carbonyl (C=O) groups excluding carboxylic acids is 1. The third-order valence-electron chi connectivity index (χ3n) is 4.24. The SMILES string of the molecule is CC1(C(N)=NO)CCN(C(=O)N2CCCC2)CC1. The smallest absolute Gasteiger partial charge is 0.319 e. The highest BCUT2D eigenvalue weighted by Crippen LogP contribution is 2.31. The lowest BCUT2D eigenvalue weighted by Gasteiger charge is -2.39. The van der Waals surface area contributed by atoms with Gasteiger partial charge in [0.15, 0.2) is 0 Å². The Morgan fingerprint density at radius 1 is 1.17 bits per heavy atom. The molecule has 0 bridgehead atoms. The molecule has 2 amide bonds. The summed E-state index contributed by atoms with van der Waals surface area (Å²) in [5.41, 5.74) is 5.43. The zero-order valence-corrected chi connectivity index (χ0v) is 10.9. The van der Waals surface area contributed by atoms with Gasteiger partial charge in [0.05, 0.1) is 0 Å². The fourth-order valence-corrected chi connectivity index (χ4v) is 2.68. The van der Waals surface area contributed by atoms with Gasteiger partial charge in [-0.1, -0.05) is 12.1 Å². The number of oxime groups is 1. The molecular weight excluding hydrogens is 232 g/mol. The van der Waals surface area contributed by atoms with Crippen LogP contribution in [0.5, 0.6) is 0 Å². The van der Waals surface area contributed by atoms with Crippen molar-refractivity contribution >= 4 is 11.9 Å². The lowest BCUT2D eigenvalue weighted by Crippen LogP contribution is -2.50. The van der Waals surface area contributed by atoms with E-state index in [-0.39, 0.29) is 17.3 Å². The van der Waals surface area contributed by atoms with Crippen LogP contribution in [0.1, 0.15) is 32.6 Å². The highest BCUT2D eigenvalue weighted by molar-refractivity contribution is 5.86. The number of urea groups is 1. The van der Waals surface area contributed by atoms with Crippen LogP contribution in [0.3, 0.4) is 0 Å². The lowest BCUT2D eigenvalue weighted by molar-refractivity contribution is 0.131. The van der Waals surface area contributed by atoms with E-state index >= 15 is 0 Å². The van der Waals surface area contributed by atoms with Crippen molar-refractivity contribution in [3.63, 3.8) is 0 Å². The van der Waals surface area contributed by atoms with Gasteiger partial charge in [0, 0.05) is 31.6 Å². The second kappa shape index (κ2) is 5.04. The Morgan fingerprint density at radius 3 is 2.17 bits per heavy atom. The van der Waals surface area contributed by atoms with Crippen LogP contribution >= 0.6 is 0 Å². The minimum Gasteiger partial charge on any atom is -0.409 e. The van der Waals surface area contributed by atoms with Crippen molar-refractivity contribution in [2.75, 3.05) is 26.2 Å². The van der Waals surface area contributed by atoms with Crippen molar-refractivity contribution in [3.05, 3.63) is 0 Å². The fourth-order valence-electron chi connectivity index (χ4n) is 2.68. The maximum atomic E-state index is 12.2. The number of amides is 2. The van der Waals surface area contributed by atoms with Gasteiger partial charge in [-0.15, -0.1) is 0 Å². The number of hydrogen-bond donors (Lipinski definition) is 2. The first kappa shape index (κ1) is 13.0. The molecule has 0 unspecified atom stereocenters. The summed E-state index contributed by atoms with van der Waals surface area (Å²) in [4.78, 5) is 16.0. The van der Waals surface area contributed by atoms with Crippen LogP contribution < -0.4 is 5.73 Å². The molecule has 0 spiro atoms. The molecule has 0 saturated carbocycles. The predicted octanol–water partition coefficient (Wildman–Crippen LogP) is 1.05. The molecule has 2 rings (SSSR count). The fraction of sp³-hybridized carbons (Fsp3) is 0.833. The minimum absolute atomic E-state index is 0.147. The second-order valence-corrected chi connectivity index (χ2v) is 5.51. The normalized spacial score (nSPS) is 24.4. The number of amidine groups is 1. The number of nitrogens with two attached hydrogens (primary N) is 1. The summed E-state index contributed by atoms with van der Waals surface area (Å²) >= 11 is 0. The van der Waals surface area contributed by atoms with Gasteiger partial charge in [-0.25, -0.2) is 4.79 Å². The molecule has 3 N–H and O–H groups in total. The molecule has 102 valence electrons. The first-order chi connectivity index (χ1) is 8.57. The van der Waals surface area contributed by atoms with Crippen molar-refractivity contribution in [1.82, 2.24) is 9.80 Å². The summed E-state index contributed by atoms with van der Waals surface area (Å²) in [6, 6.07) is 0.147. The molecule has 2 saturated heterocycles. The predicted molar refractivity (Wildman–Crippen MR) is 68.5 cm³/mol. The standard InChI is InChI=1S/C12H22N4O2/c1-12(10(13)14-18)4-8-16(9-5-12)11(17)15-6-2-3-7-15/h18H,2-9H2,1H3,(H2,13,14). The monoisotopic (exact) mass is 254 g/mol. The van der Waals surface area contributed by atoms with Crippen LogP contribution in [-0.4, -0.2) is 53.1 Å². The molecule has 2 heterocycles. The molecule has 0 aromatic rings. The van der Waals surface area contributed by atoms with Crippen LogP contribution in [0.2, 0.25) is 0 Å². The maximum absolute atomic E-state index is 12.2. The van der Waals surface area contributed by atoms with Crippen LogP contribution in [0.25, 0.3) is 0 Å². The van der Waals surface area contributed by atoms with Crippen LogP contribution in [0.4, 0.5) is 4.79 Å². The Morgan fingerprint density at radius 2 is 1.67 bits per heavy atom. The third kappa shape index (κ3) is 2.37. The van der Waals surface area contributed by atoms with Crippen molar-refractivity contribution in [1.29, 1.82) is 0 Å². The lowest BCUT2D eigenvalue weighted by atomic mass is 9.79. The quantitative estimate of drug-likeness (QED) is 0.317. The Kier molecular flexibility index (Phi) is 3.63. The molecule has 6 heteroatoms. The van der Waals surface area contributed by atoms with Crippen molar-refractivity contribution < 1.29 is 10.0 Å². The largest absolute Gasteiger partial charge is 0.409 e. The van der Waals surface area contributed by atoms with E-state index < -0.39 is 0 Å². The second-order valence-electron chi connectivity index (χ2n) is 5.51. The molecule has 0 aliphatic carbocycles. The summed E-state index contributed by atoms with van der Waals surface area (Å²) in [7, 11) is 0. The molecule has 18 heavy (non-hydrogen) atoms. The number of rotatable bonds is 1. The average Bonchev–Trinajstić information content (AvgIpc) is 2.91. The van der Waals surface area contributed by atoms with Gasteiger partial charge >= 0.3 is 6.03 Å². The minimum atomic E-state index is -0.281. The summed E-state index contributed by atoms with van der Waals surface area (Å²) in [5, 5.41) is 11.9.